The van der Waals surface area contributed by atoms with Crippen molar-refractivity contribution in [2.75, 3.05) is 13.1 Å². The van der Waals surface area contributed by atoms with Gasteiger partial charge in [-0.15, -0.1) is 0 Å². The summed E-state index contributed by atoms with van der Waals surface area (Å²) in [6, 6.07) is 0.444. The average molecular weight is 280 g/mol. The minimum atomic E-state index is 0.286. The summed E-state index contributed by atoms with van der Waals surface area (Å²) in [5, 5.41) is 6.75. The normalized spacial score (nSPS) is 27.4. The van der Waals surface area contributed by atoms with Crippen molar-refractivity contribution in [2.45, 2.75) is 77.2 Å². The lowest BCUT2D eigenvalue weighted by molar-refractivity contribution is -0.123. The molecule has 3 heteroatoms. The molecular formula is C17H32N2O. The van der Waals surface area contributed by atoms with Crippen molar-refractivity contribution in [3.63, 3.8) is 0 Å². The Morgan fingerprint density at radius 1 is 1.10 bits per heavy atom. The lowest BCUT2D eigenvalue weighted by Gasteiger charge is -2.29. The van der Waals surface area contributed by atoms with Crippen molar-refractivity contribution in [1.29, 1.82) is 0 Å². The van der Waals surface area contributed by atoms with Crippen molar-refractivity contribution in [3.8, 4) is 0 Å². The van der Waals surface area contributed by atoms with Crippen LogP contribution < -0.4 is 10.6 Å². The Morgan fingerprint density at radius 2 is 1.80 bits per heavy atom. The minimum absolute atomic E-state index is 0.286. The Morgan fingerprint density at radius 3 is 2.45 bits per heavy atom. The van der Waals surface area contributed by atoms with E-state index in [4.69, 9.17) is 0 Å². The molecule has 0 aromatic carbocycles. The molecule has 0 aromatic rings. The first-order chi connectivity index (χ1) is 9.75. The first kappa shape index (κ1) is 15.8. The first-order valence-electron chi connectivity index (χ1n) is 8.76. The molecular weight excluding hydrogens is 248 g/mol. The van der Waals surface area contributed by atoms with Crippen LogP contribution in [0.1, 0.15) is 71.1 Å². The van der Waals surface area contributed by atoms with E-state index in [1.54, 1.807) is 0 Å². The molecule has 2 rings (SSSR count). The van der Waals surface area contributed by atoms with Crippen LogP contribution in [0.4, 0.5) is 0 Å². The van der Waals surface area contributed by atoms with Gasteiger partial charge in [0.25, 0.3) is 0 Å². The number of amides is 1. The summed E-state index contributed by atoms with van der Waals surface area (Å²) in [4.78, 5) is 12.2. The highest BCUT2D eigenvalue weighted by Crippen LogP contribution is 2.23. The highest BCUT2D eigenvalue weighted by molar-refractivity contribution is 5.76. The van der Waals surface area contributed by atoms with E-state index in [1.807, 2.05) is 0 Å². The fourth-order valence-electron chi connectivity index (χ4n) is 3.71. The van der Waals surface area contributed by atoms with E-state index in [9.17, 15) is 4.79 Å². The molecule has 2 aliphatic rings. The van der Waals surface area contributed by atoms with Gasteiger partial charge in [0, 0.05) is 12.5 Å². The van der Waals surface area contributed by atoms with Gasteiger partial charge < -0.3 is 10.6 Å². The molecule has 116 valence electrons. The molecule has 2 fully saturated rings. The monoisotopic (exact) mass is 280 g/mol. The van der Waals surface area contributed by atoms with Gasteiger partial charge in [0.1, 0.15) is 0 Å². The van der Waals surface area contributed by atoms with Gasteiger partial charge in [0.05, 0.1) is 0 Å². The largest absolute Gasteiger partial charge is 0.353 e. The van der Waals surface area contributed by atoms with Crippen molar-refractivity contribution in [3.05, 3.63) is 0 Å². The number of carbonyl (C=O) groups excluding carboxylic acids is 1. The molecule has 1 saturated carbocycles. The quantitative estimate of drug-likeness (QED) is 0.830. The highest BCUT2D eigenvalue weighted by atomic mass is 16.1. The lowest BCUT2D eigenvalue weighted by atomic mass is 9.85. The van der Waals surface area contributed by atoms with Gasteiger partial charge in [-0.05, 0) is 50.6 Å². The van der Waals surface area contributed by atoms with E-state index in [2.05, 4.69) is 17.6 Å². The summed E-state index contributed by atoms with van der Waals surface area (Å²) in [6.07, 6.45) is 12.3. The molecule has 1 amide bonds. The maximum absolute atomic E-state index is 12.2. The first-order valence-corrected chi connectivity index (χ1v) is 8.76. The third kappa shape index (κ3) is 5.43. The van der Waals surface area contributed by atoms with E-state index >= 15 is 0 Å². The molecule has 0 aromatic heterocycles. The van der Waals surface area contributed by atoms with Crippen LogP contribution in [0.3, 0.4) is 0 Å². The van der Waals surface area contributed by atoms with Gasteiger partial charge in [-0.25, -0.2) is 0 Å². The number of nitrogens with one attached hydrogen (secondary N) is 2. The molecule has 0 bridgehead atoms. The maximum Gasteiger partial charge on any atom is 0.220 e. The zero-order chi connectivity index (χ0) is 14.2. The van der Waals surface area contributed by atoms with Crippen LogP contribution in [0.5, 0.6) is 0 Å². The lowest BCUT2D eigenvalue weighted by Crippen LogP contribution is -2.39. The predicted octanol–water partition coefficient (Wildman–Crippen LogP) is 3.24. The Hall–Kier alpha value is -0.570. The van der Waals surface area contributed by atoms with Crippen LogP contribution in [0, 0.1) is 11.8 Å². The molecule has 1 saturated heterocycles. The van der Waals surface area contributed by atoms with Crippen LogP contribution in [-0.4, -0.2) is 25.0 Å². The molecule has 2 atom stereocenters. The van der Waals surface area contributed by atoms with E-state index in [1.165, 1.54) is 57.8 Å². The standard InChI is InChI=1S/C17H32N2O/c1-14(15-8-7-11-18-13-15)12-17(20)19-16-9-5-3-2-4-6-10-16/h14-16,18H,2-13H2,1H3,(H,19,20). The van der Waals surface area contributed by atoms with Crippen LogP contribution in [0.25, 0.3) is 0 Å². The van der Waals surface area contributed by atoms with Crippen molar-refractivity contribution >= 4 is 5.91 Å². The predicted molar refractivity (Wildman–Crippen MR) is 83.6 cm³/mol. The number of rotatable bonds is 4. The van der Waals surface area contributed by atoms with Gasteiger partial charge in [-0.3, -0.25) is 4.79 Å². The van der Waals surface area contributed by atoms with Gasteiger partial charge in [0.15, 0.2) is 0 Å². The Kier molecular flexibility index (Phi) is 6.85. The molecule has 2 unspecified atom stereocenters. The summed E-state index contributed by atoms with van der Waals surface area (Å²) >= 11 is 0. The molecule has 20 heavy (non-hydrogen) atoms. The third-order valence-corrected chi connectivity index (χ3v) is 5.12. The van der Waals surface area contributed by atoms with Gasteiger partial charge in [-0.1, -0.05) is 39.0 Å². The van der Waals surface area contributed by atoms with Gasteiger partial charge >= 0.3 is 0 Å². The maximum atomic E-state index is 12.2. The third-order valence-electron chi connectivity index (χ3n) is 5.12. The molecule has 0 radical (unpaired) electrons. The van der Waals surface area contributed by atoms with Crippen LogP contribution in [0.2, 0.25) is 0 Å². The average Bonchev–Trinajstić information content (AvgIpc) is 2.42. The number of hydrogen-bond donors (Lipinski definition) is 2. The van der Waals surface area contributed by atoms with Gasteiger partial charge in [0.2, 0.25) is 5.91 Å². The Bertz CT molecular complexity index is 273. The molecule has 1 heterocycles. The molecule has 3 nitrogen and oxygen atoms in total. The topological polar surface area (TPSA) is 41.1 Å². The second-order valence-electron chi connectivity index (χ2n) is 6.90. The second-order valence-corrected chi connectivity index (χ2v) is 6.90. The number of piperidine rings is 1. The van der Waals surface area contributed by atoms with E-state index in [0.29, 0.717) is 24.3 Å². The van der Waals surface area contributed by atoms with Crippen molar-refractivity contribution in [2.24, 2.45) is 11.8 Å². The van der Waals surface area contributed by atoms with E-state index in [0.717, 1.165) is 13.1 Å². The van der Waals surface area contributed by atoms with Crippen LogP contribution in [-0.2, 0) is 4.79 Å². The summed E-state index contributed by atoms with van der Waals surface area (Å²) in [5.74, 6) is 1.48. The molecule has 2 N–H and O–H groups in total. The summed E-state index contributed by atoms with van der Waals surface area (Å²) in [5.41, 5.74) is 0. The van der Waals surface area contributed by atoms with Crippen molar-refractivity contribution < 1.29 is 4.79 Å². The fourth-order valence-corrected chi connectivity index (χ4v) is 3.71. The highest BCUT2D eigenvalue weighted by Gasteiger charge is 2.23. The summed E-state index contributed by atoms with van der Waals surface area (Å²) in [7, 11) is 0. The SMILES string of the molecule is CC(CC(=O)NC1CCCCCCC1)C1CCCNC1. The zero-order valence-corrected chi connectivity index (χ0v) is 13.1. The van der Waals surface area contributed by atoms with Crippen molar-refractivity contribution in [1.82, 2.24) is 10.6 Å². The van der Waals surface area contributed by atoms with E-state index < -0.39 is 0 Å². The fraction of sp³-hybridized carbons (Fsp3) is 0.941. The molecule has 1 aliphatic carbocycles. The van der Waals surface area contributed by atoms with Gasteiger partial charge in [-0.2, -0.15) is 0 Å². The summed E-state index contributed by atoms with van der Waals surface area (Å²) < 4.78 is 0. The zero-order valence-electron chi connectivity index (χ0n) is 13.1. The number of carbonyl (C=O) groups is 1. The second kappa shape index (κ2) is 8.66. The minimum Gasteiger partial charge on any atom is -0.353 e. The van der Waals surface area contributed by atoms with Crippen LogP contribution >= 0.6 is 0 Å². The van der Waals surface area contributed by atoms with E-state index in [-0.39, 0.29) is 5.91 Å². The Labute approximate surface area is 124 Å². The number of hydrogen-bond acceptors (Lipinski definition) is 2. The molecule has 1 aliphatic heterocycles. The van der Waals surface area contributed by atoms with Crippen LogP contribution in [0.15, 0.2) is 0 Å². The summed E-state index contributed by atoms with van der Waals surface area (Å²) in [6.45, 7) is 4.49. The Balaban J connectivity index is 1.70. The molecule has 0 spiro atoms. The smallest absolute Gasteiger partial charge is 0.220 e.